The number of rotatable bonds is 6. The van der Waals surface area contributed by atoms with Crippen LogP contribution in [-0.2, 0) is 9.53 Å². The Kier molecular flexibility index (Phi) is 5.86. The van der Waals surface area contributed by atoms with Gasteiger partial charge in [-0.25, -0.2) is 18.4 Å². The maximum Gasteiger partial charge on any atom is 0.337 e. The van der Waals surface area contributed by atoms with Gasteiger partial charge in [0.1, 0.15) is 24.2 Å². The number of amides is 2. The number of carbonyl (C=O) groups excluding carboxylic acids is 2. The fourth-order valence-corrected chi connectivity index (χ4v) is 2.41. The molecule has 2 rings (SSSR count). The summed E-state index contributed by atoms with van der Waals surface area (Å²) in [5.74, 6) is -1.77. The van der Waals surface area contributed by atoms with Gasteiger partial charge in [-0.1, -0.05) is 0 Å². The van der Waals surface area contributed by atoms with Crippen molar-refractivity contribution in [3.8, 4) is 0 Å². The van der Waals surface area contributed by atoms with Crippen LogP contribution < -0.4 is 16.0 Å². The number of ether oxygens (including phenoxy) is 1. The standard InChI is InChI=1S/C16H19F2N3O3/c1-3-24-15(22)12-7-20-16(23)21-14(12)8-19-9(2)11-5-4-10(17)6-13(11)18/h4-6,9,19H,3,7-8H2,1-2H3,(H2,20,21,23)/p+1/t9-/m1/s1. The van der Waals surface area contributed by atoms with Gasteiger partial charge in [-0.2, -0.15) is 0 Å². The number of nitrogens with two attached hydrogens (primary N) is 1. The van der Waals surface area contributed by atoms with Gasteiger partial charge in [0.05, 0.1) is 24.4 Å². The first kappa shape index (κ1) is 17.9. The Hall–Kier alpha value is -2.48. The molecule has 0 saturated carbocycles. The summed E-state index contributed by atoms with van der Waals surface area (Å²) in [4.78, 5) is 23.4. The van der Waals surface area contributed by atoms with Crippen molar-refractivity contribution in [1.82, 2.24) is 10.6 Å². The van der Waals surface area contributed by atoms with Crippen LogP contribution in [0.25, 0.3) is 0 Å². The zero-order valence-corrected chi connectivity index (χ0v) is 13.5. The average Bonchev–Trinajstić information content (AvgIpc) is 2.52. The maximum atomic E-state index is 13.8. The number of carbonyl (C=O) groups is 2. The van der Waals surface area contributed by atoms with Gasteiger partial charge in [-0.15, -0.1) is 0 Å². The molecule has 0 radical (unpaired) electrons. The average molecular weight is 340 g/mol. The maximum absolute atomic E-state index is 13.8. The number of hydrogen-bond acceptors (Lipinski definition) is 3. The van der Waals surface area contributed by atoms with Gasteiger partial charge in [0.25, 0.3) is 0 Å². The molecule has 0 saturated heterocycles. The molecule has 4 N–H and O–H groups in total. The molecule has 1 aliphatic rings. The van der Waals surface area contributed by atoms with E-state index in [0.717, 1.165) is 6.07 Å². The first-order valence-corrected chi connectivity index (χ1v) is 7.64. The van der Waals surface area contributed by atoms with E-state index >= 15 is 0 Å². The van der Waals surface area contributed by atoms with Crippen molar-refractivity contribution in [1.29, 1.82) is 0 Å². The van der Waals surface area contributed by atoms with E-state index in [1.54, 1.807) is 19.2 Å². The largest absolute Gasteiger partial charge is 0.463 e. The van der Waals surface area contributed by atoms with Crippen LogP contribution in [0.4, 0.5) is 13.6 Å². The number of hydrogen-bond donors (Lipinski definition) is 3. The summed E-state index contributed by atoms with van der Waals surface area (Å²) in [6.45, 7) is 4.00. The van der Waals surface area contributed by atoms with Gasteiger partial charge < -0.3 is 20.7 Å². The number of halogens is 2. The SMILES string of the molecule is CCOC(=O)C1=C(C[NH2+][C@H](C)c2ccc(F)cc2F)NC(=O)NC1. The lowest BCUT2D eigenvalue weighted by Gasteiger charge is -2.21. The molecule has 1 aromatic carbocycles. The molecule has 0 spiro atoms. The van der Waals surface area contributed by atoms with E-state index in [1.807, 2.05) is 0 Å². The lowest BCUT2D eigenvalue weighted by Crippen LogP contribution is -2.86. The molecule has 1 aromatic rings. The molecular weight excluding hydrogens is 320 g/mol. The van der Waals surface area contributed by atoms with Crippen LogP contribution in [0, 0.1) is 11.6 Å². The van der Waals surface area contributed by atoms with Crippen LogP contribution in [-0.4, -0.2) is 31.7 Å². The first-order chi connectivity index (χ1) is 11.4. The molecule has 6 nitrogen and oxygen atoms in total. The summed E-state index contributed by atoms with van der Waals surface area (Å²) < 4.78 is 31.8. The molecule has 1 aliphatic heterocycles. The number of benzene rings is 1. The normalized spacial score (nSPS) is 15.6. The van der Waals surface area contributed by atoms with Crippen molar-refractivity contribution in [2.45, 2.75) is 19.9 Å². The van der Waals surface area contributed by atoms with Crippen LogP contribution in [0.1, 0.15) is 25.5 Å². The Labute approximate surface area is 138 Å². The van der Waals surface area contributed by atoms with Crippen molar-refractivity contribution < 1.29 is 28.4 Å². The van der Waals surface area contributed by atoms with Gasteiger partial charge in [-0.3, -0.25) is 0 Å². The minimum atomic E-state index is -0.638. The van der Waals surface area contributed by atoms with E-state index in [9.17, 15) is 18.4 Å². The number of nitrogens with one attached hydrogen (secondary N) is 2. The fourth-order valence-electron chi connectivity index (χ4n) is 2.41. The van der Waals surface area contributed by atoms with Crippen LogP contribution in [0.2, 0.25) is 0 Å². The van der Waals surface area contributed by atoms with E-state index in [0.29, 0.717) is 16.8 Å². The van der Waals surface area contributed by atoms with Gasteiger partial charge in [0.15, 0.2) is 0 Å². The van der Waals surface area contributed by atoms with Crippen LogP contribution in [0.5, 0.6) is 0 Å². The summed E-state index contributed by atoms with van der Waals surface area (Å²) in [6.07, 6.45) is 0. The summed E-state index contributed by atoms with van der Waals surface area (Å²) in [7, 11) is 0. The predicted octanol–water partition coefficient (Wildman–Crippen LogP) is 0.719. The van der Waals surface area contributed by atoms with E-state index in [2.05, 4.69) is 10.6 Å². The third-order valence-corrected chi connectivity index (χ3v) is 3.70. The Morgan fingerprint density at radius 3 is 2.83 bits per heavy atom. The summed E-state index contributed by atoms with van der Waals surface area (Å²) in [6, 6.07) is 2.67. The van der Waals surface area contributed by atoms with Crippen LogP contribution in [0.15, 0.2) is 29.5 Å². The fraction of sp³-hybridized carbons (Fsp3) is 0.375. The number of quaternary nitrogens is 1. The second-order valence-electron chi connectivity index (χ2n) is 5.38. The summed E-state index contributed by atoms with van der Waals surface area (Å²) >= 11 is 0. The van der Waals surface area contributed by atoms with Crippen LogP contribution in [0.3, 0.4) is 0 Å². The zero-order chi connectivity index (χ0) is 17.7. The molecule has 24 heavy (non-hydrogen) atoms. The minimum Gasteiger partial charge on any atom is -0.463 e. The predicted molar refractivity (Wildman–Crippen MR) is 81.8 cm³/mol. The van der Waals surface area contributed by atoms with Crippen molar-refractivity contribution in [3.63, 3.8) is 0 Å². The minimum absolute atomic E-state index is 0.0765. The molecule has 0 fully saturated rings. The Morgan fingerprint density at radius 2 is 2.17 bits per heavy atom. The third kappa shape index (κ3) is 4.29. The molecule has 8 heteroatoms. The molecular formula is C16H20F2N3O3+. The van der Waals surface area contributed by atoms with Gasteiger partial charge >= 0.3 is 12.0 Å². The Bertz CT molecular complexity index is 677. The molecule has 1 heterocycles. The molecule has 130 valence electrons. The quantitative estimate of drug-likeness (QED) is 0.667. The molecule has 0 aromatic heterocycles. The second-order valence-corrected chi connectivity index (χ2v) is 5.38. The molecule has 0 bridgehead atoms. The highest BCUT2D eigenvalue weighted by Gasteiger charge is 2.25. The van der Waals surface area contributed by atoms with Crippen molar-refractivity contribution >= 4 is 12.0 Å². The highest BCUT2D eigenvalue weighted by Crippen LogP contribution is 2.15. The Morgan fingerprint density at radius 1 is 1.42 bits per heavy atom. The van der Waals surface area contributed by atoms with Gasteiger partial charge in [-0.05, 0) is 26.0 Å². The monoisotopic (exact) mass is 340 g/mol. The number of urea groups is 1. The van der Waals surface area contributed by atoms with Gasteiger partial charge in [0.2, 0.25) is 0 Å². The first-order valence-electron chi connectivity index (χ1n) is 7.64. The van der Waals surface area contributed by atoms with E-state index in [4.69, 9.17) is 4.74 Å². The summed E-state index contributed by atoms with van der Waals surface area (Å²) in [5, 5.41) is 6.84. The second kappa shape index (κ2) is 7.87. The van der Waals surface area contributed by atoms with Crippen molar-refractivity contribution in [2.24, 2.45) is 0 Å². The zero-order valence-electron chi connectivity index (χ0n) is 13.5. The van der Waals surface area contributed by atoms with E-state index in [-0.39, 0.29) is 25.7 Å². The molecule has 1 atom stereocenters. The van der Waals surface area contributed by atoms with E-state index in [1.165, 1.54) is 12.1 Å². The highest BCUT2D eigenvalue weighted by atomic mass is 19.1. The lowest BCUT2D eigenvalue weighted by molar-refractivity contribution is -0.686. The molecule has 0 unspecified atom stereocenters. The molecule has 0 aliphatic carbocycles. The topological polar surface area (TPSA) is 84.0 Å². The lowest BCUT2D eigenvalue weighted by atomic mass is 10.1. The van der Waals surface area contributed by atoms with E-state index < -0.39 is 23.6 Å². The molecule has 2 amide bonds. The summed E-state index contributed by atoms with van der Waals surface area (Å²) in [5.41, 5.74) is 1.10. The van der Waals surface area contributed by atoms with Gasteiger partial charge in [0, 0.05) is 11.6 Å². The Balaban J connectivity index is 2.11. The highest BCUT2D eigenvalue weighted by molar-refractivity contribution is 5.93. The van der Waals surface area contributed by atoms with Crippen molar-refractivity contribution in [3.05, 3.63) is 46.7 Å². The number of esters is 1. The smallest absolute Gasteiger partial charge is 0.337 e. The van der Waals surface area contributed by atoms with Crippen LogP contribution >= 0.6 is 0 Å². The third-order valence-electron chi connectivity index (χ3n) is 3.70. The van der Waals surface area contributed by atoms with Crippen molar-refractivity contribution in [2.75, 3.05) is 19.7 Å².